The van der Waals surface area contributed by atoms with Gasteiger partial charge in [0, 0.05) is 12.0 Å². The Kier molecular flexibility index (Phi) is 3.68. The van der Waals surface area contributed by atoms with Crippen molar-refractivity contribution < 1.29 is 19.7 Å². The molecule has 0 bridgehead atoms. The fourth-order valence-corrected chi connectivity index (χ4v) is 1.43. The quantitative estimate of drug-likeness (QED) is 0.367. The first-order valence-corrected chi connectivity index (χ1v) is 4.20. The Labute approximate surface area is 80.9 Å². The van der Waals surface area contributed by atoms with Crippen LogP contribution in [0.4, 0.5) is 0 Å². The molecule has 1 aliphatic rings. The van der Waals surface area contributed by atoms with E-state index in [4.69, 9.17) is 15.0 Å². The first-order chi connectivity index (χ1) is 6.61. The van der Waals surface area contributed by atoms with Gasteiger partial charge >= 0.3 is 0 Å². The number of ether oxygens (including phenoxy) is 2. The summed E-state index contributed by atoms with van der Waals surface area (Å²) in [5.41, 5.74) is 8.24. The van der Waals surface area contributed by atoms with Crippen molar-refractivity contribution in [3.63, 3.8) is 0 Å². The van der Waals surface area contributed by atoms with Gasteiger partial charge in [0.1, 0.15) is 6.10 Å². The van der Waals surface area contributed by atoms with Crippen LogP contribution in [0.2, 0.25) is 0 Å². The van der Waals surface area contributed by atoms with Gasteiger partial charge in [0.05, 0.1) is 18.2 Å². The highest BCUT2D eigenvalue weighted by atomic mass is 16.7. The summed E-state index contributed by atoms with van der Waals surface area (Å²) >= 11 is 0. The molecule has 1 rings (SSSR count). The van der Waals surface area contributed by atoms with E-state index in [-0.39, 0.29) is 0 Å². The lowest BCUT2D eigenvalue weighted by Crippen LogP contribution is -2.56. The number of aliphatic hydroxyl groups is 2. The molecule has 7 heteroatoms. The number of azide groups is 1. The van der Waals surface area contributed by atoms with Gasteiger partial charge in [0.2, 0.25) is 0 Å². The summed E-state index contributed by atoms with van der Waals surface area (Å²) in [5, 5.41) is 22.4. The molecule has 0 aromatic rings. The van der Waals surface area contributed by atoms with Gasteiger partial charge in [-0.2, -0.15) is 0 Å². The van der Waals surface area contributed by atoms with Crippen LogP contribution in [0.3, 0.4) is 0 Å². The maximum absolute atomic E-state index is 9.57. The number of hydrogen-bond acceptors (Lipinski definition) is 5. The molecule has 0 aliphatic carbocycles. The Morgan fingerprint density at radius 3 is 2.57 bits per heavy atom. The lowest BCUT2D eigenvalue weighted by atomic mass is 9.98. The number of rotatable bonds is 2. The Morgan fingerprint density at radius 2 is 2.07 bits per heavy atom. The van der Waals surface area contributed by atoms with Crippen molar-refractivity contribution in [2.45, 2.75) is 37.6 Å². The van der Waals surface area contributed by atoms with Gasteiger partial charge in [-0.05, 0) is 12.5 Å². The zero-order chi connectivity index (χ0) is 10.7. The summed E-state index contributed by atoms with van der Waals surface area (Å²) in [6, 6.07) is -0.790. The van der Waals surface area contributed by atoms with Crippen LogP contribution in [0.25, 0.3) is 10.4 Å². The molecule has 0 amide bonds. The molecule has 0 aromatic heterocycles. The van der Waals surface area contributed by atoms with Crippen LogP contribution in [0.1, 0.15) is 6.92 Å². The summed E-state index contributed by atoms with van der Waals surface area (Å²) in [6.45, 7) is 1.64. The second kappa shape index (κ2) is 4.59. The van der Waals surface area contributed by atoms with Gasteiger partial charge in [-0.25, -0.2) is 0 Å². The highest BCUT2D eigenvalue weighted by molar-refractivity contribution is 4.92. The summed E-state index contributed by atoms with van der Waals surface area (Å²) in [4.78, 5) is 2.58. The fraction of sp³-hybridized carbons (Fsp3) is 1.00. The van der Waals surface area contributed by atoms with Crippen molar-refractivity contribution in [3.8, 4) is 0 Å². The molecular formula is C7H13N3O4. The summed E-state index contributed by atoms with van der Waals surface area (Å²) < 4.78 is 9.99. The first kappa shape index (κ1) is 11.2. The minimum Gasteiger partial charge on any atom is -0.390 e. The van der Waals surface area contributed by atoms with Gasteiger partial charge < -0.3 is 19.7 Å². The standard InChI is InChI=1S/C7H13N3O4/c1-3-4(9-10-8)5(11)6(12)7(13-2)14-3/h3-7,11-12H,1-2H3/t3-,4-,5+,6-,7+/m1/s1. The predicted octanol–water partition coefficient (Wildman–Crippen LogP) is -0.222. The Balaban J connectivity index is 2.78. The molecule has 80 valence electrons. The molecule has 0 spiro atoms. The molecule has 0 saturated carbocycles. The van der Waals surface area contributed by atoms with E-state index in [0.717, 1.165) is 0 Å². The number of nitrogens with zero attached hydrogens (tertiary/aromatic N) is 3. The van der Waals surface area contributed by atoms with Crippen LogP contribution in [0.5, 0.6) is 0 Å². The van der Waals surface area contributed by atoms with E-state index in [2.05, 4.69) is 10.0 Å². The predicted molar refractivity (Wildman–Crippen MR) is 46.3 cm³/mol. The van der Waals surface area contributed by atoms with Crippen LogP contribution in [-0.4, -0.2) is 48.0 Å². The van der Waals surface area contributed by atoms with Gasteiger partial charge in [0.15, 0.2) is 6.29 Å². The molecule has 1 aliphatic heterocycles. The summed E-state index contributed by atoms with van der Waals surface area (Å²) in [5.74, 6) is 0. The van der Waals surface area contributed by atoms with Gasteiger partial charge in [-0.15, -0.1) is 0 Å². The molecule has 1 fully saturated rings. The lowest BCUT2D eigenvalue weighted by molar-refractivity contribution is -0.260. The zero-order valence-corrected chi connectivity index (χ0v) is 7.94. The van der Waals surface area contributed by atoms with Crippen molar-refractivity contribution >= 4 is 0 Å². The van der Waals surface area contributed by atoms with Crippen LogP contribution >= 0.6 is 0 Å². The second-order valence-corrected chi connectivity index (χ2v) is 3.12. The molecule has 7 nitrogen and oxygen atoms in total. The Hall–Kier alpha value is -0.850. The first-order valence-electron chi connectivity index (χ1n) is 4.20. The maximum atomic E-state index is 9.57. The van der Waals surface area contributed by atoms with E-state index in [9.17, 15) is 10.2 Å². The third kappa shape index (κ3) is 1.97. The monoisotopic (exact) mass is 203 g/mol. The molecule has 0 radical (unpaired) electrons. The fourth-order valence-electron chi connectivity index (χ4n) is 1.43. The van der Waals surface area contributed by atoms with Crippen LogP contribution in [-0.2, 0) is 9.47 Å². The van der Waals surface area contributed by atoms with Crippen LogP contribution < -0.4 is 0 Å². The number of aliphatic hydroxyl groups excluding tert-OH is 2. The molecule has 5 atom stereocenters. The van der Waals surface area contributed by atoms with E-state index in [1.807, 2.05) is 0 Å². The minimum atomic E-state index is -1.20. The number of methoxy groups -OCH3 is 1. The second-order valence-electron chi connectivity index (χ2n) is 3.12. The zero-order valence-electron chi connectivity index (χ0n) is 7.94. The largest absolute Gasteiger partial charge is 0.390 e. The summed E-state index contributed by atoms with van der Waals surface area (Å²) in [6.07, 6.45) is -3.74. The van der Waals surface area contributed by atoms with E-state index in [1.165, 1.54) is 7.11 Å². The smallest absolute Gasteiger partial charge is 0.185 e. The van der Waals surface area contributed by atoms with E-state index in [0.29, 0.717) is 0 Å². The third-order valence-electron chi connectivity index (χ3n) is 2.23. The highest BCUT2D eigenvalue weighted by Crippen LogP contribution is 2.23. The van der Waals surface area contributed by atoms with E-state index in [1.54, 1.807) is 6.92 Å². The highest BCUT2D eigenvalue weighted by Gasteiger charge is 2.42. The topological polar surface area (TPSA) is 108 Å². The minimum absolute atomic E-state index is 0.491. The Morgan fingerprint density at radius 1 is 1.43 bits per heavy atom. The van der Waals surface area contributed by atoms with Crippen molar-refractivity contribution in [2.24, 2.45) is 5.11 Å². The summed E-state index contributed by atoms with van der Waals surface area (Å²) in [7, 11) is 1.36. The van der Waals surface area contributed by atoms with Gasteiger partial charge in [-0.1, -0.05) is 5.11 Å². The molecule has 0 unspecified atom stereocenters. The van der Waals surface area contributed by atoms with Gasteiger partial charge in [0.25, 0.3) is 0 Å². The van der Waals surface area contributed by atoms with Gasteiger partial charge in [-0.3, -0.25) is 0 Å². The molecule has 0 aromatic carbocycles. The lowest BCUT2D eigenvalue weighted by Gasteiger charge is -2.38. The molecule has 14 heavy (non-hydrogen) atoms. The van der Waals surface area contributed by atoms with Crippen molar-refractivity contribution in [1.82, 2.24) is 0 Å². The van der Waals surface area contributed by atoms with Crippen LogP contribution in [0, 0.1) is 0 Å². The van der Waals surface area contributed by atoms with E-state index >= 15 is 0 Å². The average molecular weight is 203 g/mol. The van der Waals surface area contributed by atoms with Crippen LogP contribution in [0.15, 0.2) is 5.11 Å². The van der Waals surface area contributed by atoms with Crippen molar-refractivity contribution in [2.75, 3.05) is 7.11 Å². The third-order valence-corrected chi connectivity index (χ3v) is 2.23. The molecular weight excluding hydrogens is 190 g/mol. The molecule has 2 N–H and O–H groups in total. The molecule has 1 heterocycles. The SMILES string of the molecule is CO[C@H]1O[C@H](C)[C@@H](N=[N+]=[N-])[C@H](O)[C@H]1O. The molecule has 1 saturated heterocycles. The number of hydrogen-bond donors (Lipinski definition) is 2. The maximum Gasteiger partial charge on any atom is 0.185 e. The van der Waals surface area contributed by atoms with E-state index < -0.39 is 30.6 Å². The van der Waals surface area contributed by atoms with Crippen molar-refractivity contribution in [3.05, 3.63) is 10.4 Å². The average Bonchev–Trinajstić information content (AvgIpc) is 2.18. The normalized spacial score (nSPS) is 43.0. The van der Waals surface area contributed by atoms with Crippen molar-refractivity contribution in [1.29, 1.82) is 0 Å². The Bertz CT molecular complexity index is 243.